The van der Waals surface area contributed by atoms with Crippen molar-refractivity contribution in [1.29, 1.82) is 0 Å². The monoisotopic (exact) mass is 394 g/mol. The van der Waals surface area contributed by atoms with E-state index in [-0.39, 0.29) is 0 Å². The highest BCUT2D eigenvalue weighted by molar-refractivity contribution is 5.92. The van der Waals surface area contributed by atoms with E-state index in [1.807, 2.05) is 49.5 Å². The molecule has 0 spiro atoms. The molecule has 5 aromatic rings. The van der Waals surface area contributed by atoms with E-state index in [1.54, 1.807) is 16.6 Å². The fourth-order valence-electron chi connectivity index (χ4n) is 3.56. The highest BCUT2D eigenvalue weighted by atomic mass is 16.2. The molecule has 0 atom stereocenters. The van der Waals surface area contributed by atoms with Gasteiger partial charge in [0.05, 0.1) is 11.4 Å². The molecule has 0 bridgehead atoms. The number of primary amides is 1. The van der Waals surface area contributed by atoms with Gasteiger partial charge in [0, 0.05) is 34.5 Å². The molecule has 0 aliphatic heterocycles. The van der Waals surface area contributed by atoms with Crippen molar-refractivity contribution in [3.63, 3.8) is 0 Å². The molecule has 30 heavy (non-hydrogen) atoms. The average Bonchev–Trinajstić information content (AvgIpc) is 3.14. The van der Waals surface area contributed by atoms with Crippen LogP contribution >= 0.6 is 0 Å². The van der Waals surface area contributed by atoms with Gasteiger partial charge in [-0.1, -0.05) is 42.5 Å². The zero-order valence-corrected chi connectivity index (χ0v) is 16.2. The van der Waals surface area contributed by atoms with Gasteiger partial charge < -0.3 is 11.1 Å². The van der Waals surface area contributed by atoms with Crippen LogP contribution in [0.1, 0.15) is 5.69 Å². The molecule has 0 radical (unpaired) electrons. The van der Waals surface area contributed by atoms with Gasteiger partial charge in [0.25, 0.3) is 0 Å². The lowest BCUT2D eigenvalue weighted by atomic mass is 9.98. The van der Waals surface area contributed by atoms with Crippen molar-refractivity contribution in [1.82, 2.24) is 19.6 Å². The molecule has 146 valence electrons. The first kappa shape index (κ1) is 17.8. The quantitative estimate of drug-likeness (QED) is 0.473. The lowest BCUT2D eigenvalue weighted by molar-refractivity contribution is 0.259. The van der Waals surface area contributed by atoms with Gasteiger partial charge in [0.1, 0.15) is 0 Å². The number of hydrogen-bond acceptors (Lipinski definition) is 4. The summed E-state index contributed by atoms with van der Waals surface area (Å²) in [6.45, 7) is 1.93. The van der Waals surface area contributed by atoms with Crippen LogP contribution in [-0.4, -0.2) is 25.6 Å². The summed E-state index contributed by atoms with van der Waals surface area (Å²) < 4.78 is 1.77. The van der Waals surface area contributed by atoms with E-state index >= 15 is 0 Å². The number of hydrogen-bond donors (Lipinski definition) is 2. The first-order valence-corrected chi connectivity index (χ1v) is 9.47. The minimum Gasteiger partial charge on any atom is -0.351 e. The number of benzene rings is 2. The Morgan fingerprint density at radius 3 is 2.50 bits per heavy atom. The van der Waals surface area contributed by atoms with Gasteiger partial charge in [0.2, 0.25) is 0 Å². The summed E-state index contributed by atoms with van der Waals surface area (Å²) in [5.74, 6) is 0. The van der Waals surface area contributed by atoms with Crippen LogP contribution in [-0.2, 0) is 0 Å². The summed E-state index contributed by atoms with van der Waals surface area (Å²) in [4.78, 5) is 20.6. The van der Waals surface area contributed by atoms with Crippen LogP contribution in [0.2, 0.25) is 0 Å². The Morgan fingerprint density at radius 2 is 1.77 bits per heavy atom. The van der Waals surface area contributed by atoms with E-state index in [9.17, 15) is 4.79 Å². The van der Waals surface area contributed by atoms with Crippen LogP contribution in [0.3, 0.4) is 0 Å². The fourth-order valence-corrected chi connectivity index (χ4v) is 3.56. The van der Waals surface area contributed by atoms with Gasteiger partial charge in [-0.2, -0.15) is 9.61 Å². The summed E-state index contributed by atoms with van der Waals surface area (Å²) in [5.41, 5.74) is 12.0. The van der Waals surface area contributed by atoms with Crippen molar-refractivity contribution in [2.45, 2.75) is 6.92 Å². The number of pyridine rings is 1. The lowest BCUT2D eigenvalue weighted by Crippen LogP contribution is -2.19. The number of carbonyl (C=O) groups excluding carboxylic acids is 1. The van der Waals surface area contributed by atoms with Gasteiger partial charge in [-0.05, 0) is 30.7 Å². The molecule has 2 amide bonds. The second-order valence-electron chi connectivity index (χ2n) is 7.04. The minimum absolute atomic E-state index is 0.597. The number of fused-ring (bicyclic) bond motifs is 3. The van der Waals surface area contributed by atoms with Crippen LogP contribution < -0.4 is 11.1 Å². The first-order chi connectivity index (χ1) is 14.6. The fraction of sp³-hybridized carbons (Fsp3) is 0.0435. The summed E-state index contributed by atoms with van der Waals surface area (Å²) in [6.07, 6.45) is 1.83. The molecule has 0 saturated heterocycles. The third-order valence-corrected chi connectivity index (χ3v) is 4.89. The molecule has 3 heterocycles. The Kier molecular flexibility index (Phi) is 4.14. The number of aryl methyl sites for hydroxylation is 1. The molecule has 0 aliphatic rings. The van der Waals surface area contributed by atoms with E-state index in [0.717, 1.165) is 44.8 Å². The van der Waals surface area contributed by atoms with Gasteiger partial charge in [-0.3, -0.25) is 0 Å². The Labute approximate surface area is 172 Å². The standard InChI is InChI=1S/C23H18N6O/c1-14-11-20-25-13-17-12-19(15-5-3-2-4-6-15)21(27-22(17)29(20)28-14)16-7-9-18(10-8-16)26-23(24)30/h2-13H,1H3,(H3,24,26,30). The number of aromatic nitrogens is 4. The molecule has 5 rings (SSSR count). The number of nitrogens with two attached hydrogens (primary N) is 1. The number of rotatable bonds is 3. The predicted octanol–water partition coefficient (Wildman–Crippen LogP) is 4.41. The second kappa shape index (κ2) is 6.97. The van der Waals surface area contributed by atoms with Gasteiger partial charge in [-0.25, -0.2) is 14.8 Å². The Balaban J connectivity index is 1.76. The maximum Gasteiger partial charge on any atom is 0.316 e. The highest BCUT2D eigenvalue weighted by Crippen LogP contribution is 2.33. The third-order valence-electron chi connectivity index (χ3n) is 4.89. The van der Waals surface area contributed by atoms with E-state index in [1.165, 1.54) is 0 Å². The zero-order chi connectivity index (χ0) is 20.7. The van der Waals surface area contributed by atoms with Crippen LogP contribution in [0.25, 0.3) is 39.1 Å². The smallest absolute Gasteiger partial charge is 0.316 e. The molecule has 2 aromatic carbocycles. The number of nitrogens with zero attached hydrogens (tertiary/aromatic N) is 4. The Morgan fingerprint density at radius 1 is 1.00 bits per heavy atom. The molecular weight excluding hydrogens is 376 g/mol. The maximum atomic E-state index is 11.1. The van der Waals surface area contributed by atoms with E-state index in [2.05, 4.69) is 33.6 Å². The van der Waals surface area contributed by atoms with Crippen LogP contribution in [0.15, 0.2) is 72.9 Å². The molecule has 7 nitrogen and oxygen atoms in total. The number of anilines is 1. The lowest BCUT2D eigenvalue weighted by Gasteiger charge is -2.12. The van der Waals surface area contributed by atoms with Crippen molar-refractivity contribution in [3.05, 3.63) is 78.6 Å². The van der Waals surface area contributed by atoms with Crippen molar-refractivity contribution < 1.29 is 4.79 Å². The zero-order valence-electron chi connectivity index (χ0n) is 16.2. The Bertz CT molecular complexity index is 1390. The highest BCUT2D eigenvalue weighted by Gasteiger charge is 2.14. The van der Waals surface area contributed by atoms with E-state index in [4.69, 9.17) is 10.7 Å². The summed E-state index contributed by atoms with van der Waals surface area (Å²) >= 11 is 0. The van der Waals surface area contributed by atoms with Crippen molar-refractivity contribution in [2.75, 3.05) is 5.32 Å². The summed E-state index contributed by atoms with van der Waals surface area (Å²) in [6, 6.07) is 21.0. The molecule has 3 aromatic heterocycles. The molecule has 7 heteroatoms. The maximum absolute atomic E-state index is 11.1. The third kappa shape index (κ3) is 3.12. The van der Waals surface area contributed by atoms with Crippen molar-refractivity contribution >= 4 is 28.4 Å². The van der Waals surface area contributed by atoms with Crippen LogP contribution in [0, 0.1) is 6.92 Å². The second-order valence-corrected chi connectivity index (χ2v) is 7.04. The normalized spacial score (nSPS) is 11.1. The number of nitrogens with one attached hydrogen (secondary N) is 1. The first-order valence-electron chi connectivity index (χ1n) is 9.47. The predicted molar refractivity (Wildman–Crippen MR) is 117 cm³/mol. The molecule has 0 aliphatic carbocycles. The number of urea groups is 1. The number of carbonyl (C=O) groups is 1. The summed E-state index contributed by atoms with van der Waals surface area (Å²) in [5, 5.41) is 8.04. The van der Waals surface area contributed by atoms with Gasteiger partial charge in [0.15, 0.2) is 11.3 Å². The van der Waals surface area contributed by atoms with Gasteiger partial charge >= 0.3 is 6.03 Å². The largest absolute Gasteiger partial charge is 0.351 e. The average molecular weight is 394 g/mol. The minimum atomic E-state index is -0.597. The molecule has 0 saturated carbocycles. The van der Waals surface area contributed by atoms with Crippen molar-refractivity contribution in [3.8, 4) is 22.4 Å². The molecule has 3 N–H and O–H groups in total. The molecule has 0 unspecified atom stereocenters. The van der Waals surface area contributed by atoms with E-state index in [0.29, 0.717) is 5.69 Å². The number of amides is 2. The van der Waals surface area contributed by atoms with E-state index < -0.39 is 6.03 Å². The SMILES string of the molecule is Cc1cc2ncc3cc(-c4ccccc4)c(-c4ccc(NC(N)=O)cc4)nc3n2n1. The topological polar surface area (TPSA) is 98.2 Å². The van der Waals surface area contributed by atoms with Crippen LogP contribution in [0.4, 0.5) is 10.5 Å². The van der Waals surface area contributed by atoms with Crippen molar-refractivity contribution in [2.24, 2.45) is 5.73 Å². The molecule has 0 fully saturated rings. The van der Waals surface area contributed by atoms with Gasteiger partial charge in [-0.15, -0.1) is 0 Å². The van der Waals surface area contributed by atoms with Crippen LogP contribution in [0.5, 0.6) is 0 Å². The summed E-state index contributed by atoms with van der Waals surface area (Å²) in [7, 11) is 0. The Hall–Kier alpha value is -4.26. The molecular formula is C23H18N6O.